The minimum atomic E-state index is -0.456. The number of benzene rings is 8. The van der Waals surface area contributed by atoms with Gasteiger partial charge in [0.15, 0.2) is 17.5 Å². The van der Waals surface area contributed by atoms with Gasteiger partial charge >= 0.3 is 0 Å². The zero-order chi connectivity index (χ0) is 41.4. The van der Waals surface area contributed by atoms with E-state index in [0.29, 0.717) is 45.2 Å². The third kappa shape index (κ3) is 5.29. The number of rotatable bonds is 6. The fourth-order valence-electron chi connectivity index (χ4n) is 7.78. The number of aromatic nitrogens is 4. The lowest BCUT2D eigenvalue weighted by atomic mass is 9.95. The van der Waals surface area contributed by atoms with Crippen LogP contribution in [0.1, 0.15) is 6.85 Å². The number of hydrogen-bond acceptors (Lipinski definition) is 4. The van der Waals surface area contributed by atoms with Gasteiger partial charge in [0.25, 0.3) is 0 Å². The normalized spacial score (nSPS) is 12.8. The zero-order valence-corrected chi connectivity index (χ0v) is 29.8. The number of furan rings is 1. The average molecular weight is 722 g/mol. The summed E-state index contributed by atoms with van der Waals surface area (Å²) in [7, 11) is 0. The van der Waals surface area contributed by atoms with Crippen LogP contribution in [0.4, 0.5) is 0 Å². The number of fused-ring (bicyclic) bond motifs is 6. The molecule has 5 nitrogen and oxygen atoms in total. The van der Waals surface area contributed by atoms with E-state index in [1.165, 1.54) is 10.8 Å². The second-order valence-corrected chi connectivity index (χ2v) is 13.6. The maximum Gasteiger partial charge on any atom is 0.164 e. The maximum absolute atomic E-state index is 8.93. The first-order valence-electron chi connectivity index (χ1n) is 20.9. The van der Waals surface area contributed by atoms with Gasteiger partial charge in [0.2, 0.25) is 0 Å². The average Bonchev–Trinajstić information content (AvgIpc) is 3.87. The summed E-state index contributed by atoms with van der Waals surface area (Å²) in [6.45, 7) is 0. The highest BCUT2D eigenvalue weighted by atomic mass is 16.3. The van der Waals surface area contributed by atoms with E-state index in [0.717, 1.165) is 44.4 Å². The van der Waals surface area contributed by atoms with Crippen molar-refractivity contribution in [3.63, 3.8) is 0 Å². The Morgan fingerprint density at radius 1 is 0.429 bits per heavy atom. The molecule has 56 heavy (non-hydrogen) atoms. The van der Waals surface area contributed by atoms with Crippen molar-refractivity contribution in [2.45, 2.75) is 0 Å². The molecule has 0 radical (unpaired) electrons. The van der Waals surface area contributed by atoms with Crippen LogP contribution in [0.15, 0.2) is 198 Å². The van der Waals surface area contributed by atoms with E-state index in [1.807, 2.05) is 103 Å². The van der Waals surface area contributed by atoms with Crippen LogP contribution in [0, 0.1) is 0 Å². The number of hydrogen-bond donors (Lipinski definition) is 0. The van der Waals surface area contributed by atoms with Crippen molar-refractivity contribution in [2.75, 3.05) is 0 Å². The first-order valence-corrected chi connectivity index (χ1v) is 18.4. The molecular weight excluding hydrogens is 685 g/mol. The Labute approximate surface area is 329 Å². The molecule has 0 N–H and O–H groups in total. The number of nitrogens with zero attached hydrogens (tertiary/aromatic N) is 4. The maximum atomic E-state index is 8.93. The Morgan fingerprint density at radius 3 is 1.70 bits per heavy atom. The van der Waals surface area contributed by atoms with Gasteiger partial charge in [0, 0.05) is 49.5 Å². The third-order valence-electron chi connectivity index (χ3n) is 10.3. The highest BCUT2D eigenvalue weighted by molar-refractivity contribution is 6.16. The molecule has 0 spiro atoms. The second kappa shape index (κ2) is 13.0. The van der Waals surface area contributed by atoms with E-state index in [4.69, 9.17) is 26.2 Å². The molecule has 0 aliphatic heterocycles. The minimum Gasteiger partial charge on any atom is -0.455 e. The van der Waals surface area contributed by atoms with E-state index < -0.39 is 18.1 Å². The van der Waals surface area contributed by atoms with Gasteiger partial charge in [-0.2, -0.15) is 0 Å². The van der Waals surface area contributed by atoms with Crippen LogP contribution in [0.2, 0.25) is 0 Å². The molecule has 11 rings (SSSR count). The van der Waals surface area contributed by atoms with Crippen molar-refractivity contribution < 1.29 is 11.3 Å². The van der Waals surface area contributed by atoms with Crippen LogP contribution in [0.3, 0.4) is 0 Å². The highest BCUT2D eigenvalue weighted by Crippen LogP contribution is 2.43. The van der Waals surface area contributed by atoms with Crippen molar-refractivity contribution >= 4 is 43.7 Å². The molecule has 0 aliphatic rings. The van der Waals surface area contributed by atoms with Crippen molar-refractivity contribution in [1.82, 2.24) is 19.5 Å². The number of para-hydroxylation sites is 2. The summed E-state index contributed by atoms with van der Waals surface area (Å²) in [4.78, 5) is 15.3. The first-order chi connectivity index (χ1) is 29.8. The smallest absolute Gasteiger partial charge is 0.164 e. The Morgan fingerprint density at radius 2 is 1.02 bits per heavy atom. The molecule has 8 aromatic carbocycles. The largest absolute Gasteiger partial charge is 0.455 e. The highest BCUT2D eigenvalue weighted by Gasteiger charge is 2.21. The lowest BCUT2D eigenvalue weighted by Crippen LogP contribution is -2.01. The Bertz CT molecular complexity index is 3450. The monoisotopic (exact) mass is 721 g/mol. The SMILES string of the molecule is [2H]c1c([2H])c([2H])c(-c2cc(-c3ccccc3)cc3c2oc2cccc(-c4nc(-c5ccccc5)nc(-c5ccc(-n6c7ccccc7c7ccccc76)cc5)n4)c23)c([2H])c1[2H]. The van der Waals surface area contributed by atoms with Crippen LogP contribution in [0.5, 0.6) is 0 Å². The molecule has 0 amide bonds. The summed E-state index contributed by atoms with van der Waals surface area (Å²) < 4.78 is 52.0. The van der Waals surface area contributed by atoms with E-state index in [-0.39, 0.29) is 17.6 Å². The Hall–Kier alpha value is -7.63. The second-order valence-electron chi connectivity index (χ2n) is 13.6. The summed E-state index contributed by atoms with van der Waals surface area (Å²) in [5.74, 6) is 1.42. The Kier molecular flexibility index (Phi) is 6.29. The summed E-state index contributed by atoms with van der Waals surface area (Å²) >= 11 is 0. The molecule has 0 bridgehead atoms. The molecule has 0 unspecified atom stereocenters. The first kappa shape index (κ1) is 27.0. The van der Waals surface area contributed by atoms with Crippen molar-refractivity contribution in [3.05, 3.63) is 194 Å². The van der Waals surface area contributed by atoms with E-state index in [2.05, 4.69) is 65.2 Å². The minimum absolute atomic E-state index is 0.0625. The van der Waals surface area contributed by atoms with Gasteiger partial charge in [-0.3, -0.25) is 0 Å². The molecule has 0 saturated heterocycles. The third-order valence-corrected chi connectivity index (χ3v) is 10.3. The van der Waals surface area contributed by atoms with Gasteiger partial charge in [-0.15, -0.1) is 0 Å². The van der Waals surface area contributed by atoms with Crippen LogP contribution in [0.25, 0.3) is 106 Å². The van der Waals surface area contributed by atoms with Gasteiger partial charge in [0.1, 0.15) is 11.2 Å². The molecule has 0 atom stereocenters. The van der Waals surface area contributed by atoms with Gasteiger partial charge < -0.3 is 8.98 Å². The van der Waals surface area contributed by atoms with Crippen LogP contribution in [-0.2, 0) is 0 Å². The standard InChI is InChI=1S/C51H32N4O/c1-4-15-33(16-5-1)37-31-42(34-17-6-2-7-18-34)48-43(32-37)47-41(23-14-26-46(47)56-48)51-53-49(35-19-8-3-9-20-35)52-50(54-51)36-27-29-38(30-28-36)55-44-24-12-10-21-39(44)40-22-11-13-25-45(40)55/h1-32H/i2D,6D,7D,17D,18D. The molecule has 11 aromatic rings. The van der Waals surface area contributed by atoms with Crippen molar-refractivity contribution in [2.24, 2.45) is 0 Å². The molecule has 262 valence electrons. The lowest BCUT2D eigenvalue weighted by molar-refractivity contribution is 0.670. The van der Waals surface area contributed by atoms with E-state index in [1.54, 1.807) is 0 Å². The van der Waals surface area contributed by atoms with Crippen molar-refractivity contribution in [3.8, 4) is 62.1 Å². The van der Waals surface area contributed by atoms with Crippen molar-refractivity contribution in [1.29, 1.82) is 0 Å². The topological polar surface area (TPSA) is 56.7 Å². The van der Waals surface area contributed by atoms with E-state index >= 15 is 0 Å². The van der Waals surface area contributed by atoms with Gasteiger partial charge in [-0.05, 0) is 71.3 Å². The lowest BCUT2D eigenvalue weighted by Gasteiger charge is -2.11. The molecule has 3 heterocycles. The van der Waals surface area contributed by atoms with Gasteiger partial charge in [-0.1, -0.05) is 139 Å². The molecular formula is C51H32N4O. The molecule has 0 saturated carbocycles. The Balaban J connectivity index is 1.13. The molecule has 0 fully saturated rings. The summed E-state index contributed by atoms with van der Waals surface area (Å²) in [5.41, 5.74) is 8.63. The summed E-state index contributed by atoms with van der Waals surface area (Å²) in [6, 6.07) is 52.4. The predicted molar refractivity (Wildman–Crippen MR) is 229 cm³/mol. The fraction of sp³-hybridized carbons (Fsp3) is 0. The quantitative estimate of drug-likeness (QED) is 0.172. The molecule has 5 heteroatoms. The van der Waals surface area contributed by atoms with E-state index in [9.17, 15) is 0 Å². The van der Waals surface area contributed by atoms with Gasteiger partial charge in [0.05, 0.1) is 17.9 Å². The zero-order valence-electron chi connectivity index (χ0n) is 34.8. The predicted octanol–water partition coefficient (Wildman–Crippen LogP) is 13.2. The van der Waals surface area contributed by atoms with Crippen LogP contribution >= 0.6 is 0 Å². The molecule has 0 aliphatic carbocycles. The van der Waals surface area contributed by atoms with Crippen LogP contribution in [-0.4, -0.2) is 19.5 Å². The fourth-order valence-corrected chi connectivity index (χ4v) is 7.78. The summed E-state index contributed by atoms with van der Waals surface area (Å²) in [6.07, 6.45) is 0. The molecule has 3 aromatic heterocycles. The van der Waals surface area contributed by atoms with Crippen LogP contribution < -0.4 is 0 Å². The van der Waals surface area contributed by atoms with Gasteiger partial charge in [-0.25, -0.2) is 15.0 Å². The summed E-state index contributed by atoms with van der Waals surface area (Å²) in [5, 5.41) is 3.79.